The molecule has 3 rings (SSSR count). The molecule has 2 aromatic heterocycles. The van der Waals surface area contributed by atoms with Crippen LogP contribution in [0.2, 0.25) is 0 Å². The first-order valence-corrected chi connectivity index (χ1v) is 8.75. The Labute approximate surface area is 157 Å². The normalized spacial score (nSPS) is 11.0. The highest BCUT2D eigenvalue weighted by atomic mass is 19.1. The highest BCUT2D eigenvalue weighted by Gasteiger charge is 2.13. The summed E-state index contributed by atoms with van der Waals surface area (Å²) < 4.78 is 28.6. The van der Waals surface area contributed by atoms with E-state index in [2.05, 4.69) is 15.3 Å². The van der Waals surface area contributed by atoms with Gasteiger partial charge in [0.05, 0.1) is 17.6 Å². The SMILES string of the molecule is Cc1c(Cc2ccnc(N)c2F)cncc1Nc1ccc(C(C)C)cc1F. The third-order valence-electron chi connectivity index (χ3n) is 4.63. The average molecular weight is 368 g/mol. The van der Waals surface area contributed by atoms with Crippen molar-refractivity contribution < 1.29 is 8.78 Å². The summed E-state index contributed by atoms with van der Waals surface area (Å²) in [4.78, 5) is 7.95. The van der Waals surface area contributed by atoms with Crippen molar-refractivity contribution in [2.24, 2.45) is 0 Å². The Morgan fingerprint density at radius 3 is 2.56 bits per heavy atom. The van der Waals surface area contributed by atoms with Crippen LogP contribution >= 0.6 is 0 Å². The van der Waals surface area contributed by atoms with E-state index in [1.54, 1.807) is 24.5 Å². The minimum atomic E-state index is -0.523. The summed E-state index contributed by atoms with van der Waals surface area (Å²) in [5.41, 5.74) is 9.66. The Bertz CT molecular complexity index is 970. The van der Waals surface area contributed by atoms with E-state index in [-0.39, 0.29) is 17.6 Å². The number of halogens is 2. The van der Waals surface area contributed by atoms with Crippen LogP contribution in [0.15, 0.2) is 42.9 Å². The maximum Gasteiger partial charge on any atom is 0.168 e. The molecule has 0 spiro atoms. The predicted octanol–water partition coefficient (Wildman–Crippen LogP) is 5.10. The maximum absolute atomic E-state index is 14.4. The molecule has 3 aromatic rings. The summed E-state index contributed by atoms with van der Waals surface area (Å²) >= 11 is 0. The molecule has 140 valence electrons. The van der Waals surface area contributed by atoms with Crippen LogP contribution in [0.1, 0.15) is 42.0 Å². The van der Waals surface area contributed by atoms with Crippen molar-refractivity contribution in [2.45, 2.75) is 33.1 Å². The summed E-state index contributed by atoms with van der Waals surface area (Å²) in [7, 11) is 0. The second-order valence-corrected chi connectivity index (χ2v) is 6.84. The molecule has 0 fully saturated rings. The molecule has 0 aliphatic rings. The number of pyridine rings is 2. The third-order valence-corrected chi connectivity index (χ3v) is 4.63. The van der Waals surface area contributed by atoms with Gasteiger partial charge in [-0.15, -0.1) is 0 Å². The van der Waals surface area contributed by atoms with Gasteiger partial charge in [-0.1, -0.05) is 19.9 Å². The van der Waals surface area contributed by atoms with Crippen LogP contribution < -0.4 is 11.1 Å². The van der Waals surface area contributed by atoms with Gasteiger partial charge in [0.15, 0.2) is 11.6 Å². The van der Waals surface area contributed by atoms with Crippen molar-refractivity contribution in [2.75, 3.05) is 11.1 Å². The monoisotopic (exact) mass is 368 g/mol. The molecular weight excluding hydrogens is 346 g/mol. The molecule has 0 aliphatic heterocycles. The van der Waals surface area contributed by atoms with Crippen LogP contribution in [0.25, 0.3) is 0 Å². The number of hydrogen-bond acceptors (Lipinski definition) is 4. The first-order valence-electron chi connectivity index (χ1n) is 8.75. The number of nitrogen functional groups attached to an aromatic ring is 1. The smallest absolute Gasteiger partial charge is 0.168 e. The van der Waals surface area contributed by atoms with E-state index >= 15 is 0 Å². The standard InChI is InChI=1S/C21H22F2N4/c1-12(2)14-4-5-18(17(22)9-14)27-19-11-25-10-16(13(19)3)8-15-6-7-26-21(24)20(15)23/h4-7,9-12,27H,8H2,1-3H3,(H2,24,26). The molecule has 0 bridgehead atoms. The molecule has 2 heterocycles. The summed E-state index contributed by atoms with van der Waals surface area (Å²) in [5.74, 6) is -0.716. The molecule has 0 atom stereocenters. The fourth-order valence-corrected chi connectivity index (χ4v) is 2.85. The zero-order valence-corrected chi connectivity index (χ0v) is 15.6. The number of benzene rings is 1. The number of hydrogen-bond donors (Lipinski definition) is 2. The van der Waals surface area contributed by atoms with Gasteiger partial charge >= 0.3 is 0 Å². The molecule has 4 nitrogen and oxygen atoms in total. The molecule has 0 radical (unpaired) electrons. The fourth-order valence-electron chi connectivity index (χ4n) is 2.85. The van der Waals surface area contributed by atoms with Crippen molar-refractivity contribution >= 4 is 17.2 Å². The molecule has 0 saturated carbocycles. The quantitative estimate of drug-likeness (QED) is 0.657. The number of nitrogens with zero attached hydrogens (tertiary/aromatic N) is 2. The summed E-state index contributed by atoms with van der Waals surface area (Å²) in [5, 5.41) is 3.09. The Morgan fingerprint density at radius 1 is 1.07 bits per heavy atom. The maximum atomic E-state index is 14.4. The highest BCUT2D eigenvalue weighted by Crippen LogP contribution is 2.28. The first-order chi connectivity index (χ1) is 12.9. The van der Waals surface area contributed by atoms with Gasteiger partial charge < -0.3 is 11.1 Å². The van der Waals surface area contributed by atoms with Crippen molar-refractivity contribution in [1.29, 1.82) is 0 Å². The molecule has 0 saturated heterocycles. The largest absolute Gasteiger partial charge is 0.381 e. The van der Waals surface area contributed by atoms with E-state index in [0.717, 1.165) is 16.7 Å². The lowest BCUT2D eigenvalue weighted by molar-refractivity contribution is 0.613. The zero-order valence-electron chi connectivity index (χ0n) is 15.6. The number of nitrogens with two attached hydrogens (primary N) is 1. The molecule has 3 N–H and O–H groups in total. The molecule has 0 unspecified atom stereocenters. The van der Waals surface area contributed by atoms with Gasteiger partial charge in [0.25, 0.3) is 0 Å². The van der Waals surface area contributed by atoms with E-state index in [1.165, 1.54) is 12.3 Å². The van der Waals surface area contributed by atoms with Crippen LogP contribution in [0.5, 0.6) is 0 Å². The van der Waals surface area contributed by atoms with E-state index in [0.29, 0.717) is 23.4 Å². The van der Waals surface area contributed by atoms with E-state index in [4.69, 9.17) is 5.73 Å². The topological polar surface area (TPSA) is 63.8 Å². The number of anilines is 3. The van der Waals surface area contributed by atoms with Crippen LogP contribution in [0.3, 0.4) is 0 Å². The van der Waals surface area contributed by atoms with Gasteiger partial charge in [-0.3, -0.25) is 4.98 Å². The van der Waals surface area contributed by atoms with Crippen molar-refractivity contribution in [3.8, 4) is 0 Å². The van der Waals surface area contributed by atoms with Crippen molar-refractivity contribution in [3.05, 3.63) is 76.7 Å². The Balaban J connectivity index is 1.88. The van der Waals surface area contributed by atoms with E-state index in [1.807, 2.05) is 26.8 Å². The van der Waals surface area contributed by atoms with Crippen LogP contribution in [-0.4, -0.2) is 9.97 Å². The Morgan fingerprint density at radius 2 is 1.85 bits per heavy atom. The second-order valence-electron chi connectivity index (χ2n) is 6.84. The molecule has 27 heavy (non-hydrogen) atoms. The number of aromatic nitrogens is 2. The zero-order chi connectivity index (χ0) is 19.6. The van der Waals surface area contributed by atoms with Crippen LogP contribution in [-0.2, 0) is 6.42 Å². The van der Waals surface area contributed by atoms with Crippen LogP contribution in [0.4, 0.5) is 26.0 Å². The number of rotatable bonds is 5. The molecule has 6 heteroatoms. The lowest BCUT2D eigenvalue weighted by Gasteiger charge is -2.15. The highest BCUT2D eigenvalue weighted by molar-refractivity contribution is 5.64. The predicted molar refractivity (Wildman–Crippen MR) is 104 cm³/mol. The second kappa shape index (κ2) is 7.70. The van der Waals surface area contributed by atoms with E-state index < -0.39 is 5.82 Å². The molecule has 0 aliphatic carbocycles. The lowest BCUT2D eigenvalue weighted by atomic mass is 10.0. The van der Waals surface area contributed by atoms with Crippen molar-refractivity contribution in [1.82, 2.24) is 9.97 Å². The number of nitrogens with one attached hydrogen (secondary N) is 1. The summed E-state index contributed by atoms with van der Waals surface area (Å²) in [6.45, 7) is 5.93. The molecular formula is C21H22F2N4. The Kier molecular flexibility index (Phi) is 5.35. The minimum absolute atomic E-state index is 0.125. The Hall–Kier alpha value is -3.02. The van der Waals surface area contributed by atoms with Gasteiger partial charge in [-0.05, 0) is 53.3 Å². The first kappa shape index (κ1) is 18.8. The minimum Gasteiger partial charge on any atom is -0.381 e. The van der Waals surface area contributed by atoms with Gasteiger partial charge in [-0.2, -0.15) is 0 Å². The molecule has 0 amide bonds. The summed E-state index contributed by atoms with van der Waals surface area (Å²) in [6.07, 6.45) is 5.10. The molecule has 1 aromatic carbocycles. The van der Waals surface area contributed by atoms with Gasteiger partial charge in [-0.25, -0.2) is 13.8 Å². The van der Waals surface area contributed by atoms with E-state index in [9.17, 15) is 8.78 Å². The fraction of sp³-hybridized carbons (Fsp3) is 0.238. The van der Waals surface area contributed by atoms with Gasteiger partial charge in [0.1, 0.15) is 5.82 Å². The summed E-state index contributed by atoms with van der Waals surface area (Å²) in [6, 6.07) is 6.75. The average Bonchev–Trinajstić information content (AvgIpc) is 2.63. The van der Waals surface area contributed by atoms with Gasteiger partial charge in [0.2, 0.25) is 0 Å². The lowest BCUT2D eigenvalue weighted by Crippen LogP contribution is -2.04. The van der Waals surface area contributed by atoms with Crippen molar-refractivity contribution in [3.63, 3.8) is 0 Å². The van der Waals surface area contributed by atoms with Gasteiger partial charge in [0, 0.05) is 18.8 Å². The third kappa shape index (κ3) is 4.05. The van der Waals surface area contributed by atoms with Crippen LogP contribution in [0, 0.1) is 18.6 Å².